The van der Waals surface area contributed by atoms with Crippen LogP contribution in [0.25, 0.3) is 10.9 Å². The van der Waals surface area contributed by atoms with Gasteiger partial charge in [-0.2, -0.15) is 0 Å². The van der Waals surface area contributed by atoms with E-state index in [9.17, 15) is 0 Å². The van der Waals surface area contributed by atoms with Crippen LogP contribution in [0.5, 0.6) is 0 Å². The zero-order valence-corrected chi connectivity index (χ0v) is 12.8. The van der Waals surface area contributed by atoms with Gasteiger partial charge in [-0.15, -0.1) is 0 Å². The molecule has 2 rings (SSSR count). The van der Waals surface area contributed by atoms with Gasteiger partial charge in [0.2, 0.25) is 0 Å². The molecule has 0 atom stereocenters. The Labute approximate surface area is 125 Å². The van der Waals surface area contributed by atoms with E-state index in [1.54, 1.807) is 0 Å². The minimum atomic E-state index is 0.418. The van der Waals surface area contributed by atoms with Gasteiger partial charge in [0, 0.05) is 27.3 Å². The number of hydrogen-bond donors (Lipinski definition) is 3. The van der Waals surface area contributed by atoms with Crippen molar-refractivity contribution in [2.75, 3.05) is 6.54 Å². The first-order valence-corrected chi connectivity index (χ1v) is 7.31. The van der Waals surface area contributed by atoms with Crippen LogP contribution in [-0.2, 0) is 6.54 Å². The van der Waals surface area contributed by atoms with Gasteiger partial charge < -0.3 is 16.0 Å². The highest BCUT2D eigenvalue weighted by Crippen LogP contribution is 2.29. The molecule has 4 N–H and O–H groups in total. The lowest BCUT2D eigenvalue weighted by Crippen LogP contribution is -2.15. The van der Waals surface area contributed by atoms with Crippen LogP contribution in [0.1, 0.15) is 37.4 Å². The molecule has 0 saturated carbocycles. The highest BCUT2D eigenvalue weighted by atomic mass is 35.5. The van der Waals surface area contributed by atoms with Crippen LogP contribution < -0.4 is 11.1 Å². The summed E-state index contributed by atoms with van der Waals surface area (Å²) in [6.45, 7) is 9.58. The molecule has 4 heteroatoms. The molecule has 1 heterocycles. The summed E-state index contributed by atoms with van der Waals surface area (Å²) in [6, 6.07) is 6.29. The Morgan fingerprint density at radius 1 is 1.40 bits per heavy atom. The lowest BCUT2D eigenvalue weighted by Gasteiger charge is -2.07. The minimum Gasteiger partial charge on any atom is -0.383 e. The second kappa shape index (κ2) is 6.33. The van der Waals surface area contributed by atoms with Crippen molar-refractivity contribution >= 4 is 22.5 Å². The second-order valence-corrected chi connectivity index (χ2v) is 5.81. The Morgan fingerprint density at radius 3 is 2.80 bits per heavy atom. The quantitative estimate of drug-likeness (QED) is 0.756. The third-order valence-electron chi connectivity index (χ3n) is 3.39. The van der Waals surface area contributed by atoms with Crippen LogP contribution in [0, 0.1) is 0 Å². The lowest BCUT2D eigenvalue weighted by molar-refractivity contribution is 0.744. The standard InChI is InChI=1S/C16H22ClN3/c1-10(2)14-8-16-12(7-15(14)17)6-13(20-16)9-19-11(3)4-5-18/h6-8,10,19-20H,3-5,9,18H2,1-2H3. The summed E-state index contributed by atoms with van der Waals surface area (Å²) in [5.41, 5.74) is 9.88. The fourth-order valence-electron chi connectivity index (χ4n) is 2.25. The van der Waals surface area contributed by atoms with Crippen molar-refractivity contribution < 1.29 is 0 Å². The highest BCUT2D eigenvalue weighted by Gasteiger charge is 2.09. The number of nitrogens with one attached hydrogen (secondary N) is 2. The number of rotatable bonds is 6. The predicted octanol–water partition coefficient (Wildman–Crippen LogP) is 3.90. The molecular weight excluding hydrogens is 270 g/mol. The molecule has 0 aliphatic rings. The molecule has 3 nitrogen and oxygen atoms in total. The van der Waals surface area contributed by atoms with Gasteiger partial charge in [0.15, 0.2) is 0 Å². The largest absolute Gasteiger partial charge is 0.383 e. The number of benzene rings is 1. The molecule has 2 aromatic rings. The maximum absolute atomic E-state index is 6.32. The SMILES string of the molecule is C=C(CCN)NCc1cc2cc(Cl)c(C(C)C)cc2[nH]1. The molecule has 20 heavy (non-hydrogen) atoms. The smallest absolute Gasteiger partial charge is 0.0548 e. The number of halogens is 1. The molecule has 0 bridgehead atoms. The Bertz CT molecular complexity index is 613. The van der Waals surface area contributed by atoms with E-state index < -0.39 is 0 Å². The monoisotopic (exact) mass is 291 g/mol. The van der Waals surface area contributed by atoms with Crippen LogP contribution in [0.2, 0.25) is 5.02 Å². The third kappa shape index (κ3) is 3.35. The van der Waals surface area contributed by atoms with E-state index in [1.165, 1.54) is 5.56 Å². The molecule has 0 spiro atoms. The van der Waals surface area contributed by atoms with Crippen molar-refractivity contribution in [1.29, 1.82) is 0 Å². The summed E-state index contributed by atoms with van der Waals surface area (Å²) >= 11 is 6.32. The highest BCUT2D eigenvalue weighted by molar-refractivity contribution is 6.32. The van der Waals surface area contributed by atoms with Crippen molar-refractivity contribution in [2.24, 2.45) is 5.73 Å². The van der Waals surface area contributed by atoms with E-state index >= 15 is 0 Å². The normalized spacial score (nSPS) is 11.2. The Morgan fingerprint density at radius 2 is 2.15 bits per heavy atom. The average molecular weight is 292 g/mol. The molecule has 0 amide bonds. The number of H-pyrrole nitrogens is 1. The Kier molecular flexibility index (Phi) is 4.73. The van der Waals surface area contributed by atoms with Crippen LogP contribution in [0.4, 0.5) is 0 Å². The van der Waals surface area contributed by atoms with Crippen LogP contribution >= 0.6 is 11.6 Å². The molecule has 0 radical (unpaired) electrons. The molecule has 0 saturated heterocycles. The van der Waals surface area contributed by atoms with Gasteiger partial charge in [0.25, 0.3) is 0 Å². The first-order chi connectivity index (χ1) is 9.51. The van der Waals surface area contributed by atoms with Crippen molar-refractivity contribution in [2.45, 2.75) is 32.7 Å². The maximum atomic E-state index is 6.32. The van der Waals surface area contributed by atoms with Gasteiger partial charge in [-0.3, -0.25) is 0 Å². The summed E-state index contributed by atoms with van der Waals surface area (Å²) in [5, 5.41) is 5.25. The summed E-state index contributed by atoms with van der Waals surface area (Å²) in [6.07, 6.45) is 0.795. The summed E-state index contributed by atoms with van der Waals surface area (Å²) in [4.78, 5) is 3.42. The Balaban J connectivity index is 2.19. The summed E-state index contributed by atoms with van der Waals surface area (Å²) in [7, 11) is 0. The number of aromatic nitrogens is 1. The van der Waals surface area contributed by atoms with Crippen molar-refractivity contribution in [3.8, 4) is 0 Å². The summed E-state index contributed by atoms with van der Waals surface area (Å²) in [5.74, 6) is 0.418. The van der Waals surface area contributed by atoms with E-state index in [2.05, 4.69) is 42.9 Å². The fourth-order valence-corrected chi connectivity index (χ4v) is 2.64. The molecule has 0 aliphatic heterocycles. The van der Waals surface area contributed by atoms with Gasteiger partial charge in [0.1, 0.15) is 0 Å². The molecule has 1 aromatic carbocycles. The van der Waals surface area contributed by atoms with Gasteiger partial charge in [-0.25, -0.2) is 0 Å². The first kappa shape index (κ1) is 14.9. The van der Waals surface area contributed by atoms with E-state index in [0.29, 0.717) is 12.5 Å². The molecule has 108 valence electrons. The number of fused-ring (bicyclic) bond motifs is 1. The average Bonchev–Trinajstić information content (AvgIpc) is 2.77. The van der Waals surface area contributed by atoms with E-state index in [4.69, 9.17) is 17.3 Å². The number of hydrogen-bond acceptors (Lipinski definition) is 2. The van der Waals surface area contributed by atoms with E-state index in [1.807, 2.05) is 6.07 Å². The Hall–Kier alpha value is -1.45. The van der Waals surface area contributed by atoms with Gasteiger partial charge in [0.05, 0.1) is 6.54 Å². The number of aromatic amines is 1. The van der Waals surface area contributed by atoms with Crippen LogP contribution in [-0.4, -0.2) is 11.5 Å². The molecule has 1 aromatic heterocycles. The van der Waals surface area contributed by atoms with Crippen LogP contribution in [0.3, 0.4) is 0 Å². The lowest BCUT2D eigenvalue weighted by atomic mass is 10.0. The first-order valence-electron chi connectivity index (χ1n) is 6.94. The van der Waals surface area contributed by atoms with E-state index in [0.717, 1.165) is 40.3 Å². The molecule has 0 fully saturated rings. The minimum absolute atomic E-state index is 0.418. The molecule has 0 aliphatic carbocycles. The topological polar surface area (TPSA) is 53.8 Å². The molecule has 0 unspecified atom stereocenters. The fraction of sp³-hybridized carbons (Fsp3) is 0.375. The zero-order chi connectivity index (χ0) is 14.7. The zero-order valence-electron chi connectivity index (χ0n) is 12.1. The second-order valence-electron chi connectivity index (χ2n) is 5.41. The van der Waals surface area contributed by atoms with Crippen LogP contribution in [0.15, 0.2) is 30.5 Å². The van der Waals surface area contributed by atoms with Gasteiger partial charge in [-0.1, -0.05) is 32.0 Å². The summed E-state index contributed by atoms with van der Waals surface area (Å²) < 4.78 is 0. The number of nitrogens with two attached hydrogens (primary N) is 1. The van der Waals surface area contributed by atoms with Gasteiger partial charge >= 0.3 is 0 Å². The van der Waals surface area contributed by atoms with Crippen molar-refractivity contribution in [3.05, 3.63) is 46.8 Å². The van der Waals surface area contributed by atoms with Crippen molar-refractivity contribution in [1.82, 2.24) is 10.3 Å². The predicted molar refractivity (Wildman–Crippen MR) is 87.0 cm³/mol. The van der Waals surface area contributed by atoms with Gasteiger partial charge in [-0.05, 0) is 42.6 Å². The van der Waals surface area contributed by atoms with E-state index in [-0.39, 0.29) is 0 Å². The molecular formula is C16H22ClN3. The van der Waals surface area contributed by atoms with Crippen molar-refractivity contribution in [3.63, 3.8) is 0 Å². The third-order valence-corrected chi connectivity index (χ3v) is 3.72. The maximum Gasteiger partial charge on any atom is 0.0548 e.